The fourth-order valence-electron chi connectivity index (χ4n) is 2.85. The van der Waals surface area contributed by atoms with Gasteiger partial charge in [0.2, 0.25) is 5.91 Å². The molecule has 3 N–H and O–H groups in total. The minimum absolute atomic E-state index is 0.0486. The molecule has 1 unspecified atom stereocenters. The summed E-state index contributed by atoms with van der Waals surface area (Å²) in [4.78, 5) is 15.4. The molecular weight excluding hydrogens is 320 g/mol. The SMILES string of the molecule is Cc1cccc2c(CCC(=O)NCC(C)(O)c3ccsc3)c[nH]c12. The zero-order valence-electron chi connectivity index (χ0n) is 13.9. The van der Waals surface area contributed by atoms with Crippen molar-refractivity contribution in [2.45, 2.75) is 32.3 Å². The van der Waals surface area contributed by atoms with Gasteiger partial charge in [-0.05, 0) is 53.8 Å². The van der Waals surface area contributed by atoms with Crippen molar-refractivity contribution in [3.05, 3.63) is 57.9 Å². The molecule has 2 aromatic heterocycles. The van der Waals surface area contributed by atoms with E-state index < -0.39 is 5.60 Å². The van der Waals surface area contributed by atoms with Crippen LogP contribution in [0.3, 0.4) is 0 Å². The van der Waals surface area contributed by atoms with E-state index in [1.54, 1.807) is 6.92 Å². The molecule has 4 nitrogen and oxygen atoms in total. The molecule has 0 bridgehead atoms. The largest absolute Gasteiger partial charge is 0.384 e. The van der Waals surface area contributed by atoms with Crippen LogP contribution in [0.1, 0.15) is 30.0 Å². The highest BCUT2D eigenvalue weighted by molar-refractivity contribution is 7.08. The summed E-state index contributed by atoms with van der Waals surface area (Å²) in [6, 6.07) is 8.06. The van der Waals surface area contributed by atoms with Crippen molar-refractivity contribution in [3.8, 4) is 0 Å². The number of aromatic nitrogens is 1. The summed E-state index contributed by atoms with van der Waals surface area (Å²) in [7, 11) is 0. The van der Waals surface area contributed by atoms with Crippen LogP contribution in [0, 0.1) is 6.92 Å². The second-order valence-corrected chi connectivity index (χ2v) is 7.15. The quantitative estimate of drug-likeness (QED) is 0.642. The molecule has 0 saturated carbocycles. The molecule has 0 aliphatic rings. The van der Waals surface area contributed by atoms with Gasteiger partial charge in [0.05, 0.1) is 6.54 Å². The number of aromatic amines is 1. The summed E-state index contributed by atoms with van der Waals surface area (Å²) in [6.45, 7) is 4.01. The number of H-pyrrole nitrogens is 1. The lowest BCUT2D eigenvalue weighted by Crippen LogP contribution is -2.38. The number of para-hydroxylation sites is 1. The maximum absolute atomic E-state index is 12.1. The van der Waals surface area contributed by atoms with Crippen LogP contribution in [-0.2, 0) is 16.8 Å². The van der Waals surface area contributed by atoms with Crippen LogP contribution in [-0.4, -0.2) is 22.5 Å². The lowest BCUT2D eigenvalue weighted by Gasteiger charge is -2.22. The molecule has 1 aromatic carbocycles. The van der Waals surface area contributed by atoms with E-state index in [0.717, 1.165) is 16.6 Å². The minimum atomic E-state index is -1.03. The molecule has 0 aliphatic carbocycles. The van der Waals surface area contributed by atoms with Gasteiger partial charge in [0, 0.05) is 23.5 Å². The van der Waals surface area contributed by atoms with E-state index in [1.807, 2.05) is 29.1 Å². The van der Waals surface area contributed by atoms with Crippen molar-refractivity contribution >= 4 is 28.1 Å². The molecule has 24 heavy (non-hydrogen) atoms. The van der Waals surface area contributed by atoms with Crippen molar-refractivity contribution in [1.29, 1.82) is 0 Å². The predicted octanol–water partition coefficient (Wildman–Crippen LogP) is 3.49. The molecule has 0 aliphatic heterocycles. The van der Waals surface area contributed by atoms with Crippen LogP contribution in [0.2, 0.25) is 0 Å². The number of carbonyl (C=O) groups is 1. The van der Waals surface area contributed by atoms with E-state index in [9.17, 15) is 9.90 Å². The van der Waals surface area contributed by atoms with Gasteiger partial charge in [0.1, 0.15) is 5.60 Å². The summed E-state index contributed by atoms with van der Waals surface area (Å²) in [5, 5.41) is 18.3. The summed E-state index contributed by atoms with van der Waals surface area (Å²) >= 11 is 1.54. The summed E-state index contributed by atoms with van der Waals surface area (Å²) in [5.74, 6) is -0.0486. The highest BCUT2D eigenvalue weighted by Crippen LogP contribution is 2.23. The van der Waals surface area contributed by atoms with Gasteiger partial charge in [-0.3, -0.25) is 4.79 Å². The predicted molar refractivity (Wildman–Crippen MR) is 98.3 cm³/mol. The molecule has 1 amide bonds. The van der Waals surface area contributed by atoms with Gasteiger partial charge in [-0.25, -0.2) is 0 Å². The third kappa shape index (κ3) is 3.52. The van der Waals surface area contributed by atoms with Crippen molar-refractivity contribution in [2.24, 2.45) is 0 Å². The van der Waals surface area contributed by atoms with Gasteiger partial charge < -0.3 is 15.4 Å². The van der Waals surface area contributed by atoms with Crippen LogP contribution in [0.25, 0.3) is 10.9 Å². The smallest absolute Gasteiger partial charge is 0.220 e. The molecule has 0 spiro atoms. The molecule has 2 heterocycles. The Morgan fingerprint density at radius 1 is 1.38 bits per heavy atom. The first kappa shape index (κ1) is 16.7. The van der Waals surface area contributed by atoms with Crippen molar-refractivity contribution in [2.75, 3.05) is 6.54 Å². The minimum Gasteiger partial charge on any atom is -0.384 e. The Labute approximate surface area is 145 Å². The number of hydrogen-bond donors (Lipinski definition) is 3. The average molecular weight is 342 g/mol. The molecule has 1 atom stereocenters. The van der Waals surface area contributed by atoms with Crippen LogP contribution >= 0.6 is 11.3 Å². The number of amides is 1. The molecule has 3 rings (SSSR count). The van der Waals surface area contributed by atoms with Gasteiger partial charge in [-0.15, -0.1) is 0 Å². The number of thiophene rings is 1. The number of nitrogens with one attached hydrogen (secondary N) is 2. The molecule has 5 heteroatoms. The topological polar surface area (TPSA) is 65.1 Å². The summed E-state index contributed by atoms with van der Waals surface area (Å²) in [5.41, 5.74) is 3.28. The number of aliphatic hydroxyl groups is 1. The molecule has 0 radical (unpaired) electrons. The van der Waals surface area contributed by atoms with E-state index in [-0.39, 0.29) is 12.5 Å². The fourth-order valence-corrected chi connectivity index (χ4v) is 3.63. The Kier molecular flexibility index (Phi) is 4.73. The fraction of sp³-hybridized carbons (Fsp3) is 0.316. The van der Waals surface area contributed by atoms with Crippen LogP contribution in [0.15, 0.2) is 41.2 Å². The highest BCUT2D eigenvalue weighted by Gasteiger charge is 2.24. The first-order valence-corrected chi connectivity index (χ1v) is 8.99. The Morgan fingerprint density at radius 3 is 2.96 bits per heavy atom. The van der Waals surface area contributed by atoms with Crippen molar-refractivity contribution in [3.63, 3.8) is 0 Å². The van der Waals surface area contributed by atoms with Crippen LogP contribution in [0.4, 0.5) is 0 Å². The number of rotatable bonds is 6. The number of aryl methyl sites for hydroxylation is 2. The average Bonchev–Trinajstić information content (AvgIpc) is 3.22. The molecule has 3 aromatic rings. The zero-order valence-corrected chi connectivity index (χ0v) is 14.7. The maximum Gasteiger partial charge on any atom is 0.220 e. The molecule has 0 saturated heterocycles. The van der Waals surface area contributed by atoms with Crippen molar-refractivity contribution in [1.82, 2.24) is 10.3 Å². The molecular formula is C19H22N2O2S. The third-order valence-corrected chi connectivity index (χ3v) is 5.09. The lowest BCUT2D eigenvalue weighted by molar-refractivity contribution is -0.122. The van der Waals surface area contributed by atoms with E-state index in [4.69, 9.17) is 0 Å². The summed E-state index contributed by atoms with van der Waals surface area (Å²) in [6.07, 6.45) is 3.06. The van der Waals surface area contributed by atoms with Crippen LogP contribution in [0.5, 0.6) is 0 Å². The normalized spacial score (nSPS) is 13.8. The lowest BCUT2D eigenvalue weighted by atomic mass is 9.99. The van der Waals surface area contributed by atoms with Crippen molar-refractivity contribution < 1.29 is 9.90 Å². The van der Waals surface area contributed by atoms with E-state index >= 15 is 0 Å². The highest BCUT2D eigenvalue weighted by atomic mass is 32.1. The molecule has 0 fully saturated rings. The Balaban J connectivity index is 1.57. The van der Waals surface area contributed by atoms with Gasteiger partial charge in [0.15, 0.2) is 0 Å². The Bertz CT molecular complexity index is 834. The monoisotopic (exact) mass is 342 g/mol. The number of carbonyl (C=O) groups excluding carboxylic acids is 1. The third-order valence-electron chi connectivity index (χ3n) is 4.40. The first-order chi connectivity index (χ1) is 11.5. The van der Waals surface area contributed by atoms with E-state index in [1.165, 1.54) is 22.3 Å². The van der Waals surface area contributed by atoms with Gasteiger partial charge in [-0.2, -0.15) is 11.3 Å². The van der Waals surface area contributed by atoms with Crippen LogP contribution < -0.4 is 5.32 Å². The second kappa shape index (κ2) is 6.79. The number of hydrogen-bond acceptors (Lipinski definition) is 3. The zero-order chi connectivity index (χ0) is 17.2. The Morgan fingerprint density at radius 2 is 2.21 bits per heavy atom. The van der Waals surface area contributed by atoms with E-state index in [2.05, 4.69) is 29.4 Å². The molecule has 126 valence electrons. The first-order valence-electron chi connectivity index (χ1n) is 8.05. The van der Waals surface area contributed by atoms with Gasteiger partial charge in [-0.1, -0.05) is 18.2 Å². The maximum atomic E-state index is 12.1. The van der Waals surface area contributed by atoms with E-state index in [0.29, 0.717) is 12.8 Å². The Hall–Kier alpha value is -2.11. The standard InChI is InChI=1S/C19H22N2O2S/c1-13-4-3-5-16-14(10-20-18(13)16)6-7-17(22)21-12-19(2,23)15-8-9-24-11-15/h3-5,8-11,20,23H,6-7,12H2,1-2H3,(H,21,22). The van der Waals surface area contributed by atoms with Gasteiger partial charge >= 0.3 is 0 Å². The summed E-state index contributed by atoms with van der Waals surface area (Å²) < 4.78 is 0. The number of benzene rings is 1. The second-order valence-electron chi connectivity index (χ2n) is 6.37. The number of fused-ring (bicyclic) bond motifs is 1. The van der Waals surface area contributed by atoms with Gasteiger partial charge in [0.25, 0.3) is 0 Å².